The number of amides is 1. The normalized spacial score (nSPS) is 16.1. The number of carbonyl (C=O) groups is 1. The van der Waals surface area contributed by atoms with E-state index in [1.165, 1.54) is 4.90 Å². The van der Waals surface area contributed by atoms with Gasteiger partial charge in [-0.15, -0.1) is 0 Å². The fourth-order valence-electron chi connectivity index (χ4n) is 1.76. The first-order valence-corrected chi connectivity index (χ1v) is 4.64. The zero-order valence-electron chi connectivity index (χ0n) is 7.96. The summed E-state index contributed by atoms with van der Waals surface area (Å²) in [5.74, 6) is -1.70. The molecule has 1 aliphatic rings. The summed E-state index contributed by atoms with van der Waals surface area (Å²) in [5, 5.41) is 0. The standard InChI is InChI=1S/C10H10F2N2O/c11-6-4-7(12)10(8(13)5-6)14-3-1-2-9(14)15/h4-5H,1-3,13H2. The molecule has 0 aliphatic carbocycles. The van der Waals surface area contributed by atoms with Crippen molar-refractivity contribution in [2.75, 3.05) is 17.2 Å². The SMILES string of the molecule is Nc1cc(F)cc(F)c1N1CCCC1=O. The van der Waals surface area contributed by atoms with Gasteiger partial charge in [-0.3, -0.25) is 4.79 Å². The molecule has 0 spiro atoms. The molecular weight excluding hydrogens is 202 g/mol. The van der Waals surface area contributed by atoms with Gasteiger partial charge in [0.25, 0.3) is 0 Å². The Hall–Kier alpha value is -1.65. The number of anilines is 2. The van der Waals surface area contributed by atoms with Gasteiger partial charge < -0.3 is 10.6 Å². The Morgan fingerprint density at radius 3 is 2.60 bits per heavy atom. The topological polar surface area (TPSA) is 46.3 Å². The van der Waals surface area contributed by atoms with E-state index in [4.69, 9.17) is 5.73 Å². The van der Waals surface area contributed by atoms with Crippen LogP contribution in [0.3, 0.4) is 0 Å². The highest BCUT2D eigenvalue weighted by atomic mass is 19.1. The van der Waals surface area contributed by atoms with Gasteiger partial charge in [-0.1, -0.05) is 0 Å². The Morgan fingerprint density at radius 2 is 2.07 bits per heavy atom. The lowest BCUT2D eigenvalue weighted by atomic mass is 10.2. The first-order chi connectivity index (χ1) is 7.09. The van der Waals surface area contributed by atoms with Crippen molar-refractivity contribution in [1.29, 1.82) is 0 Å². The molecule has 1 fully saturated rings. The predicted molar refractivity (Wildman–Crippen MR) is 52.4 cm³/mol. The van der Waals surface area contributed by atoms with Gasteiger partial charge in [0.2, 0.25) is 5.91 Å². The van der Waals surface area contributed by atoms with Crippen molar-refractivity contribution in [3.8, 4) is 0 Å². The number of hydrogen-bond donors (Lipinski definition) is 1. The number of nitrogens with zero attached hydrogens (tertiary/aromatic N) is 1. The monoisotopic (exact) mass is 212 g/mol. The number of hydrogen-bond acceptors (Lipinski definition) is 2. The lowest BCUT2D eigenvalue weighted by molar-refractivity contribution is -0.117. The number of benzene rings is 1. The Morgan fingerprint density at radius 1 is 1.33 bits per heavy atom. The lowest BCUT2D eigenvalue weighted by Crippen LogP contribution is -2.26. The van der Waals surface area contributed by atoms with E-state index in [0.29, 0.717) is 19.4 Å². The van der Waals surface area contributed by atoms with Gasteiger partial charge in [0.05, 0.1) is 5.69 Å². The van der Waals surface area contributed by atoms with Crippen molar-refractivity contribution in [1.82, 2.24) is 0 Å². The van der Waals surface area contributed by atoms with E-state index in [1.807, 2.05) is 0 Å². The maximum atomic E-state index is 13.4. The molecule has 1 aromatic carbocycles. The van der Waals surface area contributed by atoms with Gasteiger partial charge in [0.15, 0.2) is 5.82 Å². The maximum absolute atomic E-state index is 13.4. The summed E-state index contributed by atoms with van der Waals surface area (Å²) in [5.41, 5.74) is 5.45. The van der Waals surface area contributed by atoms with Gasteiger partial charge in [-0.05, 0) is 12.5 Å². The smallest absolute Gasteiger partial charge is 0.227 e. The fraction of sp³-hybridized carbons (Fsp3) is 0.300. The van der Waals surface area contributed by atoms with E-state index in [-0.39, 0.29) is 17.3 Å². The van der Waals surface area contributed by atoms with Gasteiger partial charge in [-0.25, -0.2) is 8.78 Å². The third kappa shape index (κ3) is 1.65. The second-order valence-electron chi connectivity index (χ2n) is 3.47. The molecule has 2 rings (SSSR count). The second-order valence-corrected chi connectivity index (χ2v) is 3.47. The van der Waals surface area contributed by atoms with Gasteiger partial charge in [0.1, 0.15) is 11.5 Å². The van der Waals surface area contributed by atoms with Crippen LogP contribution < -0.4 is 10.6 Å². The van der Waals surface area contributed by atoms with E-state index < -0.39 is 11.6 Å². The number of rotatable bonds is 1. The van der Waals surface area contributed by atoms with Crippen LogP contribution in [0.1, 0.15) is 12.8 Å². The number of nitrogens with two attached hydrogens (primary N) is 1. The summed E-state index contributed by atoms with van der Waals surface area (Å²) in [7, 11) is 0. The Kier molecular flexibility index (Phi) is 2.30. The largest absolute Gasteiger partial charge is 0.397 e. The summed E-state index contributed by atoms with van der Waals surface area (Å²) in [6.07, 6.45) is 1.06. The average molecular weight is 212 g/mol. The highest BCUT2D eigenvalue weighted by Gasteiger charge is 2.26. The molecule has 1 aromatic rings. The van der Waals surface area contributed by atoms with Gasteiger partial charge in [-0.2, -0.15) is 0 Å². The number of carbonyl (C=O) groups excluding carboxylic acids is 1. The van der Waals surface area contributed by atoms with Crippen molar-refractivity contribution in [3.05, 3.63) is 23.8 Å². The van der Waals surface area contributed by atoms with Gasteiger partial charge >= 0.3 is 0 Å². The van der Waals surface area contributed by atoms with Crippen molar-refractivity contribution in [3.63, 3.8) is 0 Å². The third-order valence-corrected chi connectivity index (χ3v) is 2.40. The van der Waals surface area contributed by atoms with Crippen molar-refractivity contribution >= 4 is 17.3 Å². The first-order valence-electron chi connectivity index (χ1n) is 4.64. The molecule has 80 valence electrons. The van der Waals surface area contributed by atoms with Crippen LogP contribution in [0.4, 0.5) is 20.2 Å². The summed E-state index contributed by atoms with van der Waals surface area (Å²) in [6, 6.07) is 1.75. The van der Waals surface area contributed by atoms with Crippen LogP contribution in [0.15, 0.2) is 12.1 Å². The molecule has 0 saturated carbocycles. The van der Waals surface area contributed by atoms with Crippen molar-refractivity contribution in [2.45, 2.75) is 12.8 Å². The molecule has 1 aliphatic heterocycles. The van der Waals surface area contributed by atoms with Crippen LogP contribution in [-0.2, 0) is 4.79 Å². The molecule has 1 heterocycles. The molecule has 0 unspecified atom stereocenters. The van der Waals surface area contributed by atoms with E-state index in [2.05, 4.69) is 0 Å². The third-order valence-electron chi connectivity index (χ3n) is 2.40. The van der Waals surface area contributed by atoms with E-state index in [9.17, 15) is 13.6 Å². The molecule has 15 heavy (non-hydrogen) atoms. The quantitative estimate of drug-likeness (QED) is 0.720. The summed E-state index contributed by atoms with van der Waals surface area (Å²) >= 11 is 0. The highest BCUT2D eigenvalue weighted by Crippen LogP contribution is 2.31. The molecule has 3 nitrogen and oxygen atoms in total. The van der Waals surface area contributed by atoms with Crippen molar-refractivity contribution in [2.24, 2.45) is 0 Å². The molecule has 1 saturated heterocycles. The Balaban J connectivity index is 2.47. The van der Waals surface area contributed by atoms with Crippen LogP contribution in [0.2, 0.25) is 0 Å². The number of nitrogen functional groups attached to an aromatic ring is 1. The van der Waals surface area contributed by atoms with Crippen LogP contribution in [0.5, 0.6) is 0 Å². The summed E-state index contributed by atoms with van der Waals surface area (Å²) in [6.45, 7) is 0.436. The van der Waals surface area contributed by atoms with Crippen LogP contribution >= 0.6 is 0 Å². The zero-order chi connectivity index (χ0) is 11.0. The van der Waals surface area contributed by atoms with Crippen molar-refractivity contribution < 1.29 is 13.6 Å². The summed E-state index contributed by atoms with van der Waals surface area (Å²) < 4.78 is 26.2. The van der Waals surface area contributed by atoms with Crippen LogP contribution in [-0.4, -0.2) is 12.5 Å². The predicted octanol–water partition coefficient (Wildman–Crippen LogP) is 1.67. The molecule has 0 radical (unpaired) electrons. The lowest BCUT2D eigenvalue weighted by Gasteiger charge is -2.18. The minimum absolute atomic E-state index is 0.00102. The summed E-state index contributed by atoms with van der Waals surface area (Å²) in [4.78, 5) is 12.6. The second kappa shape index (κ2) is 3.49. The fourth-order valence-corrected chi connectivity index (χ4v) is 1.76. The molecule has 2 N–H and O–H groups in total. The van der Waals surface area contributed by atoms with Gasteiger partial charge in [0, 0.05) is 19.0 Å². The molecule has 0 atom stereocenters. The van der Waals surface area contributed by atoms with E-state index in [1.54, 1.807) is 0 Å². The zero-order valence-corrected chi connectivity index (χ0v) is 7.96. The van der Waals surface area contributed by atoms with Crippen LogP contribution in [0.25, 0.3) is 0 Å². The van der Waals surface area contributed by atoms with Crippen LogP contribution in [0, 0.1) is 11.6 Å². The minimum Gasteiger partial charge on any atom is -0.397 e. The molecular formula is C10H10F2N2O. The minimum atomic E-state index is -0.789. The maximum Gasteiger partial charge on any atom is 0.227 e. The Bertz CT molecular complexity index is 397. The molecule has 1 amide bonds. The van der Waals surface area contributed by atoms with E-state index in [0.717, 1.165) is 12.1 Å². The highest BCUT2D eigenvalue weighted by molar-refractivity contribution is 5.98. The molecule has 5 heteroatoms. The first kappa shape index (κ1) is 9.89. The van der Waals surface area contributed by atoms with E-state index >= 15 is 0 Å². The average Bonchev–Trinajstić information content (AvgIpc) is 2.50. The number of halogens is 2. The molecule has 0 bridgehead atoms. The Labute approximate surface area is 85.5 Å². The molecule has 0 aromatic heterocycles.